The van der Waals surface area contributed by atoms with E-state index in [0.717, 1.165) is 25.9 Å². The number of hydrogen-bond donors (Lipinski definition) is 2. The van der Waals surface area contributed by atoms with Crippen molar-refractivity contribution < 1.29 is 9.59 Å². The first kappa shape index (κ1) is 18.7. The van der Waals surface area contributed by atoms with Crippen molar-refractivity contribution in [2.24, 2.45) is 0 Å². The Balaban J connectivity index is 1.40. The molecule has 28 heavy (non-hydrogen) atoms. The number of nitrogens with zero attached hydrogens (tertiary/aromatic N) is 2. The van der Waals surface area contributed by atoms with Gasteiger partial charge in [0.1, 0.15) is 0 Å². The van der Waals surface area contributed by atoms with Crippen molar-refractivity contribution in [3.8, 4) is 0 Å². The average Bonchev–Trinajstić information content (AvgIpc) is 3.36. The van der Waals surface area contributed by atoms with E-state index in [-0.39, 0.29) is 23.9 Å². The second kappa shape index (κ2) is 8.19. The predicted octanol–water partition coefficient (Wildman–Crippen LogP) is 3.18. The molecule has 2 N–H and O–H groups in total. The number of amides is 2. The van der Waals surface area contributed by atoms with Gasteiger partial charge in [0, 0.05) is 37.1 Å². The Morgan fingerprint density at radius 1 is 1.07 bits per heavy atom. The van der Waals surface area contributed by atoms with Crippen LogP contribution in [0.15, 0.2) is 42.6 Å². The lowest BCUT2D eigenvalue weighted by atomic mass is 10.1. The largest absolute Gasteiger partial charge is 0.349 e. The monoisotopic (exact) mass is 380 g/mol. The third kappa shape index (κ3) is 3.97. The molecule has 2 heterocycles. The van der Waals surface area contributed by atoms with Gasteiger partial charge in [-0.15, -0.1) is 0 Å². The molecule has 6 nitrogen and oxygen atoms in total. The summed E-state index contributed by atoms with van der Waals surface area (Å²) in [5, 5.41) is 6.06. The van der Waals surface area contributed by atoms with Crippen molar-refractivity contribution in [2.75, 3.05) is 18.4 Å². The van der Waals surface area contributed by atoms with Crippen LogP contribution in [0.5, 0.6) is 0 Å². The molecule has 1 aliphatic heterocycles. The van der Waals surface area contributed by atoms with Crippen molar-refractivity contribution in [3.63, 3.8) is 0 Å². The van der Waals surface area contributed by atoms with Crippen molar-refractivity contribution in [2.45, 2.75) is 51.2 Å². The van der Waals surface area contributed by atoms with E-state index >= 15 is 0 Å². The molecular formula is C22H28N4O2. The van der Waals surface area contributed by atoms with E-state index in [9.17, 15) is 9.59 Å². The van der Waals surface area contributed by atoms with E-state index in [1.807, 2.05) is 12.1 Å². The fourth-order valence-electron chi connectivity index (χ4n) is 4.34. The Kier molecular flexibility index (Phi) is 5.48. The van der Waals surface area contributed by atoms with Crippen LogP contribution in [-0.2, 0) is 11.3 Å². The van der Waals surface area contributed by atoms with Gasteiger partial charge in [-0.25, -0.2) is 0 Å². The van der Waals surface area contributed by atoms with Crippen molar-refractivity contribution in [1.82, 2.24) is 14.8 Å². The molecule has 0 saturated heterocycles. The molecule has 6 heteroatoms. The van der Waals surface area contributed by atoms with Gasteiger partial charge in [-0.05, 0) is 44.0 Å². The zero-order valence-electron chi connectivity index (χ0n) is 16.4. The summed E-state index contributed by atoms with van der Waals surface area (Å²) in [6.45, 7) is 4.16. The number of aromatic nitrogens is 1. The van der Waals surface area contributed by atoms with Gasteiger partial charge in [0.25, 0.3) is 5.91 Å². The smallest absolute Gasteiger partial charge is 0.253 e. The normalized spacial score (nSPS) is 20.0. The minimum Gasteiger partial charge on any atom is -0.349 e. The molecule has 0 bridgehead atoms. The number of anilines is 1. The zero-order chi connectivity index (χ0) is 19.5. The number of benzene rings is 1. The number of nitrogens with one attached hydrogen (secondary N) is 2. The van der Waals surface area contributed by atoms with Gasteiger partial charge in [-0.1, -0.05) is 25.0 Å². The lowest BCUT2D eigenvalue weighted by molar-refractivity contribution is -0.118. The molecule has 1 fully saturated rings. The summed E-state index contributed by atoms with van der Waals surface area (Å²) in [4.78, 5) is 27.6. The molecule has 1 atom stereocenters. The van der Waals surface area contributed by atoms with Crippen LogP contribution in [0.2, 0.25) is 0 Å². The fraction of sp³-hybridized carbons (Fsp3) is 0.455. The molecule has 2 aliphatic rings. The number of carbonyl (C=O) groups is 2. The van der Waals surface area contributed by atoms with Crippen LogP contribution in [0.1, 0.15) is 54.7 Å². The Labute approximate surface area is 165 Å². The second-order valence-corrected chi connectivity index (χ2v) is 7.82. The van der Waals surface area contributed by atoms with Gasteiger partial charge in [0.05, 0.1) is 17.8 Å². The standard InChI is InChI=1S/C22H28N4O2/c1-16-20-11-6-12-25(20)13-14-26(16)15-21(27)24-19-10-5-4-9-18(19)22(28)23-17-7-2-3-8-17/h4-6,9-12,16-17H,2-3,7-8,13-15H2,1H3,(H,23,28)(H,24,27)/t16-/m0/s1. The molecular weight excluding hydrogens is 352 g/mol. The molecule has 1 aromatic carbocycles. The molecule has 2 aromatic rings. The highest BCUT2D eigenvalue weighted by molar-refractivity contribution is 6.04. The SMILES string of the molecule is C[C@H]1c2cccn2CCN1CC(=O)Nc1ccccc1C(=O)NC1CCCC1. The quantitative estimate of drug-likeness (QED) is 0.837. The van der Waals surface area contributed by atoms with E-state index in [1.165, 1.54) is 18.5 Å². The van der Waals surface area contributed by atoms with Crippen molar-refractivity contribution in [3.05, 3.63) is 53.9 Å². The van der Waals surface area contributed by atoms with Crippen LogP contribution >= 0.6 is 0 Å². The van der Waals surface area contributed by atoms with Crippen molar-refractivity contribution in [1.29, 1.82) is 0 Å². The first-order valence-corrected chi connectivity index (χ1v) is 10.2. The van der Waals surface area contributed by atoms with Gasteiger partial charge in [0.2, 0.25) is 5.91 Å². The summed E-state index contributed by atoms with van der Waals surface area (Å²) in [7, 11) is 0. The number of hydrogen-bond acceptors (Lipinski definition) is 3. The highest BCUT2D eigenvalue weighted by Crippen LogP contribution is 2.25. The second-order valence-electron chi connectivity index (χ2n) is 7.82. The van der Waals surface area contributed by atoms with E-state index < -0.39 is 0 Å². The van der Waals surface area contributed by atoms with E-state index in [4.69, 9.17) is 0 Å². The summed E-state index contributed by atoms with van der Waals surface area (Å²) < 4.78 is 2.24. The van der Waals surface area contributed by atoms with Crippen LogP contribution in [0.3, 0.4) is 0 Å². The maximum absolute atomic E-state index is 12.7. The Morgan fingerprint density at radius 2 is 1.86 bits per heavy atom. The number of fused-ring (bicyclic) bond motifs is 1. The van der Waals surface area contributed by atoms with Gasteiger partial charge < -0.3 is 15.2 Å². The molecule has 148 valence electrons. The maximum Gasteiger partial charge on any atom is 0.253 e. The van der Waals surface area contributed by atoms with E-state index in [1.54, 1.807) is 12.1 Å². The van der Waals surface area contributed by atoms with Crippen LogP contribution in [0.4, 0.5) is 5.69 Å². The first-order valence-electron chi connectivity index (χ1n) is 10.2. The van der Waals surface area contributed by atoms with Gasteiger partial charge >= 0.3 is 0 Å². The van der Waals surface area contributed by atoms with E-state index in [0.29, 0.717) is 17.8 Å². The molecule has 0 spiro atoms. The minimum absolute atomic E-state index is 0.0898. The Morgan fingerprint density at radius 3 is 2.68 bits per heavy atom. The third-order valence-electron chi connectivity index (χ3n) is 5.95. The molecule has 0 radical (unpaired) electrons. The zero-order valence-corrected chi connectivity index (χ0v) is 16.4. The average molecular weight is 380 g/mol. The molecule has 0 unspecified atom stereocenters. The minimum atomic E-state index is -0.105. The summed E-state index contributed by atoms with van der Waals surface area (Å²) in [5.74, 6) is -0.194. The van der Waals surface area contributed by atoms with Crippen LogP contribution < -0.4 is 10.6 Å². The van der Waals surface area contributed by atoms with E-state index in [2.05, 4.69) is 45.4 Å². The van der Waals surface area contributed by atoms with Gasteiger partial charge in [-0.2, -0.15) is 0 Å². The highest BCUT2D eigenvalue weighted by atomic mass is 16.2. The summed E-state index contributed by atoms with van der Waals surface area (Å²) in [6.07, 6.45) is 6.49. The first-order chi connectivity index (χ1) is 13.6. The predicted molar refractivity (Wildman–Crippen MR) is 109 cm³/mol. The molecule has 2 amide bonds. The number of para-hydroxylation sites is 1. The molecule has 1 aromatic heterocycles. The van der Waals surface area contributed by atoms with Crippen LogP contribution in [-0.4, -0.2) is 40.4 Å². The summed E-state index contributed by atoms with van der Waals surface area (Å²) in [5.41, 5.74) is 2.34. The lowest BCUT2D eigenvalue weighted by Crippen LogP contribution is -2.41. The summed E-state index contributed by atoms with van der Waals surface area (Å²) in [6, 6.07) is 11.9. The Hall–Kier alpha value is -2.60. The van der Waals surface area contributed by atoms with Gasteiger partial charge in [0.15, 0.2) is 0 Å². The molecule has 4 rings (SSSR count). The number of rotatable bonds is 5. The van der Waals surface area contributed by atoms with Crippen LogP contribution in [0.25, 0.3) is 0 Å². The highest BCUT2D eigenvalue weighted by Gasteiger charge is 2.26. The fourth-order valence-corrected chi connectivity index (χ4v) is 4.34. The lowest BCUT2D eigenvalue weighted by Gasteiger charge is -2.34. The Bertz CT molecular complexity index is 854. The number of carbonyl (C=O) groups excluding carboxylic acids is 2. The van der Waals surface area contributed by atoms with Crippen LogP contribution in [0, 0.1) is 0 Å². The van der Waals surface area contributed by atoms with Gasteiger partial charge in [-0.3, -0.25) is 14.5 Å². The maximum atomic E-state index is 12.7. The molecule has 1 aliphatic carbocycles. The summed E-state index contributed by atoms with van der Waals surface area (Å²) >= 11 is 0. The van der Waals surface area contributed by atoms with Crippen molar-refractivity contribution >= 4 is 17.5 Å². The third-order valence-corrected chi connectivity index (χ3v) is 5.95. The molecule has 1 saturated carbocycles. The topological polar surface area (TPSA) is 66.4 Å².